The third-order valence-corrected chi connectivity index (χ3v) is 4.17. The van der Waals surface area contributed by atoms with E-state index >= 15 is 0 Å². The molecule has 5 nitrogen and oxygen atoms in total. The first-order valence-corrected chi connectivity index (χ1v) is 9.91. The number of benzene rings is 1. The maximum atomic E-state index is 5.05. The summed E-state index contributed by atoms with van der Waals surface area (Å²) >= 11 is 0. The molecular formula is C21H34O5. The van der Waals surface area contributed by atoms with Gasteiger partial charge in [0.05, 0.1) is 0 Å². The zero-order valence-corrected chi connectivity index (χ0v) is 16.3. The van der Waals surface area contributed by atoms with Gasteiger partial charge in [0.15, 0.2) is 5.75 Å². The molecule has 148 valence electrons. The van der Waals surface area contributed by atoms with Crippen molar-refractivity contribution >= 4 is 0 Å². The van der Waals surface area contributed by atoms with Gasteiger partial charge < -0.3 is 9.78 Å². The van der Waals surface area contributed by atoms with E-state index in [0.29, 0.717) is 11.5 Å². The maximum absolute atomic E-state index is 5.05. The average Bonchev–Trinajstić information content (AvgIpc) is 2.68. The topological polar surface area (TPSA) is 46.2 Å². The number of rotatable bonds is 17. The number of para-hydroxylation sites is 1. The zero-order valence-electron chi connectivity index (χ0n) is 16.3. The highest BCUT2D eigenvalue weighted by molar-refractivity contribution is 5.19. The smallest absolute Gasteiger partial charge is 0.168 e. The molecule has 1 aromatic rings. The predicted octanol–water partition coefficient (Wildman–Crippen LogP) is 7.01. The van der Waals surface area contributed by atoms with Crippen LogP contribution in [0.1, 0.15) is 84.5 Å². The summed E-state index contributed by atoms with van der Waals surface area (Å²) < 4.78 is 0. The van der Waals surface area contributed by atoms with Crippen LogP contribution in [0, 0.1) is 0 Å². The Kier molecular flexibility index (Phi) is 14.6. The van der Waals surface area contributed by atoms with E-state index < -0.39 is 0 Å². The Hall–Kier alpha value is -1.56. The van der Waals surface area contributed by atoms with Gasteiger partial charge >= 0.3 is 0 Å². The quantitative estimate of drug-likeness (QED) is 0.128. The molecule has 1 aromatic carbocycles. The summed E-state index contributed by atoms with van der Waals surface area (Å²) in [5.74, 6) is 1.22. The van der Waals surface area contributed by atoms with Crippen LogP contribution in [0.25, 0.3) is 0 Å². The van der Waals surface area contributed by atoms with Crippen LogP contribution >= 0.6 is 0 Å². The fraction of sp³-hybridized carbons (Fsp3) is 0.619. The van der Waals surface area contributed by atoms with Gasteiger partial charge in [-0.3, -0.25) is 0 Å². The Morgan fingerprint density at radius 1 is 0.769 bits per heavy atom. The van der Waals surface area contributed by atoms with Crippen LogP contribution in [-0.4, -0.2) is 0 Å². The van der Waals surface area contributed by atoms with E-state index in [1.807, 2.05) is 31.2 Å². The lowest BCUT2D eigenvalue weighted by Gasteiger charge is -2.07. The van der Waals surface area contributed by atoms with Crippen molar-refractivity contribution in [2.24, 2.45) is 0 Å². The average molecular weight is 366 g/mol. The van der Waals surface area contributed by atoms with Gasteiger partial charge in [0.2, 0.25) is 0 Å². The minimum atomic E-state index is 0.507. The third kappa shape index (κ3) is 12.8. The molecule has 0 saturated heterocycles. The molecule has 0 aromatic heterocycles. The van der Waals surface area contributed by atoms with Crippen LogP contribution in [0.15, 0.2) is 42.2 Å². The second-order valence-electron chi connectivity index (χ2n) is 6.37. The van der Waals surface area contributed by atoms with Crippen LogP contribution < -0.4 is 4.89 Å². The van der Waals surface area contributed by atoms with E-state index in [1.165, 1.54) is 57.8 Å². The lowest BCUT2D eigenvalue weighted by atomic mass is 10.1. The van der Waals surface area contributed by atoms with Gasteiger partial charge in [0.25, 0.3) is 0 Å². The van der Waals surface area contributed by atoms with Gasteiger partial charge in [-0.2, -0.15) is 0 Å². The Bertz CT molecular complexity index is 447. The molecule has 0 aliphatic rings. The van der Waals surface area contributed by atoms with Gasteiger partial charge in [-0.15, -0.1) is 0 Å². The predicted molar refractivity (Wildman–Crippen MR) is 102 cm³/mol. The summed E-state index contributed by atoms with van der Waals surface area (Å²) in [6, 6.07) is 8.97. The number of hydrogen-bond acceptors (Lipinski definition) is 5. The lowest BCUT2D eigenvalue weighted by Crippen LogP contribution is -2.02. The van der Waals surface area contributed by atoms with Crippen LogP contribution in [0.4, 0.5) is 0 Å². The summed E-state index contributed by atoms with van der Waals surface area (Å²) in [5, 5.41) is 13.4. The third-order valence-electron chi connectivity index (χ3n) is 4.17. The van der Waals surface area contributed by atoms with Crippen molar-refractivity contribution in [3.63, 3.8) is 0 Å². The first-order chi connectivity index (χ1) is 12.9. The second kappa shape index (κ2) is 16.9. The molecule has 0 spiro atoms. The first kappa shape index (κ1) is 22.5. The van der Waals surface area contributed by atoms with Crippen LogP contribution in [-0.2, 0) is 20.0 Å². The monoisotopic (exact) mass is 366 g/mol. The molecule has 1 rings (SSSR count). The van der Waals surface area contributed by atoms with E-state index in [9.17, 15) is 0 Å². The number of allylic oxidation sites excluding steroid dienone is 2. The Labute approximate surface area is 158 Å². The van der Waals surface area contributed by atoms with Crippen molar-refractivity contribution in [2.75, 3.05) is 0 Å². The van der Waals surface area contributed by atoms with Crippen LogP contribution in [0.5, 0.6) is 5.75 Å². The number of unbranched alkanes of at least 4 members (excludes halogenated alkanes) is 9. The Morgan fingerprint density at radius 3 is 2.00 bits per heavy atom. The fourth-order valence-electron chi connectivity index (χ4n) is 2.62. The van der Waals surface area contributed by atoms with Gasteiger partial charge in [-0.25, -0.2) is 0 Å². The number of hydrogen-bond donors (Lipinski definition) is 0. The lowest BCUT2D eigenvalue weighted by molar-refractivity contribution is -0.685. The molecule has 0 heterocycles. The Morgan fingerprint density at radius 2 is 1.38 bits per heavy atom. The summed E-state index contributed by atoms with van der Waals surface area (Å²) in [7, 11) is 0. The van der Waals surface area contributed by atoms with Crippen molar-refractivity contribution in [2.45, 2.75) is 84.5 Å². The SMILES string of the molecule is CC=C(CCCCCCCCCCCC)OOOOOc1ccccc1. The molecule has 0 bridgehead atoms. The highest BCUT2D eigenvalue weighted by Gasteiger charge is 2.02. The summed E-state index contributed by atoms with van der Waals surface area (Å²) in [4.78, 5) is 9.89. The van der Waals surface area contributed by atoms with Crippen molar-refractivity contribution in [1.29, 1.82) is 0 Å². The molecule has 26 heavy (non-hydrogen) atoms. The van der Waals surface area contributed by atoms with Gasteiger partial charge in [0.1, 0.15) is 5.76 Å². The van der Waals surface area contributed by atoms with Gasteiger partial charge in [0, 0.05) is 21.5 Å². The molecule has 5 heteroatoms. The zero-order chi connectivity index (χ0) is 18.7. The highest BCUT2D eigenvalue weighted by atomic mass is 17.8. The molecular weight excluding hydrogens is 332 g/mol. The summed E-state index contributed by atoms with van der Waals surface area (Å²) in [5.41, 5.74) is 0. The fourth-order valence-corrected chi connectivity index (χ4v) is 2.62. The standard InChI is InChI=1S/C21H34O5/c1-3-5-6-7-8-9-10-11-12-14-17-20(4-2)22-24-26-25-23-21-18-15-13-16-19-21/h4,13,15-16,18-19H,3,5-12,14,17H2,1-2H3. The van der Waals surface area contributed by atoms with Crippen molar-refractivity contribution in [3.8, 4) is 5.75 Å². The molecule has 0 unspecified atom stereocenters. The van der Waals surface area contributed by atoms with Crippen molar-refractivity contribution < 1.29 is 24.9 Å². The van der Waals surface area contributed by atoms with E-state index in [2.05, 4.69) is 22.0 Å². The molecule has 0 N–H and O–H groups in total. The largest absolute Gasteiger partial charge is 0.311 e. The first-order valence-electron chi connectivity index (χ1n) is 9.91. The van der Waals surface area contributed by atoms with Crippen molar-refractivity contribution in [3.05, 3.63) is 42.2 Å². The maximum Gasteiger partial charge on any atom is 0.168 e. The summed E-state index contributed by atoms with van der Waals surface area (Å²) in [6.45, 7) is 4.15. The van der Waals surface area contributed by atoms with E-state index in [4.69, 9.17) is 9.78 Å². The van der Waals surface area contributed by atoms with Crippen molar-refractivity contribution in [1.82, 2.24) is 0 Å². The normalized spacial score (nSPS) is 11.5. The van der Waals surface area contributed by atoms with Crippen LogP contribution in [0.3, 0.4) is 0 Å². The molecule has 0 radical (unpaired) electrons. The molecule has 0 aliphatic heterocycles. The Balaban J connectivity index is 1.90. The van der Waals surface area contributed by atoms with E-state index in [0.717, 1.165) is 12.8 Å². The molecule has 0 amide bonds. The molecule has 0 aliphatic carbocycles. The van der Waals surface area contributed by atoms with Crippen LogP contribution in [0.2, 0.25) is 0 Å². The van der Waals surface area contributed by atoms with E-state index in [1.54, 1.807) is 12.1 Å². The second-order valence-corrected chi connectivity index (χ2v) is 6.37. The highest BCUT2D eigenvalue weighted by Crippen LogP contribution is 2.15. The molecule has 0 atom stereocenters. The van der Waals surface area contributed by atoms with Gasteiger partial charge in [-0.05, 0) is 31.6 Å². The minimum absolute atomic E-state index is 0.507. The van der Waals surface area contributed by atoms with E-state index in [-0.39, 0.29) is 0 Å². The molecule has 0 saturated carbocycles. The minimum Gasteiger partial charge on any atom is -0.311 e. The summed E-state index contributed by atoms with van der Waals surface area (Å²) in [6.07, 6.45) is 15.7. The van der Waals surface area contributed by atoms with Gasteiger partial charge in [-0.1, -0.05) is 82.9 Å². The molecule has 0 fully saturated rings.